The largest absolute Gasteiger partial charge is 0.369 e. The van der Waals surface area contributed by atoms with Crippen LogP contribution in [0.5, 0.6) is 0 Å². The van der Waals surface area contributed by atoms with E-state index in [1.807, 2.05) is 42.8 Å². The maximum absolute atomic E-state index is 11.8. The van der Waals surface area contributed by atoms with Gasteiger partial charge in [0.25, 0.3) is 0 Å². The second kappa shape index (κ2) is 8.28. The average Bonchev–Trinajstić information content (AvgIpc) is 3.13. The maximum atomic E-state index is 11.8. The predicted molar refractivity (Wildman–Crippen MR) is 122 cm³/mol. The number of aliphatic imine (C=N–C) groups is 1. The fourth-order valence-corrected chi connectivity index (χ4v) is 3.93. The molecule has 0 bridgehead atoms. The molecule has 0 unspecified atom stereocenters. The summed E-state index contributed by atoms with van der Waals surface area (Å²) in [6, 6.07) is 8.06. The van der Waals surface area contributed by atoms with E-state index in [4.69, 9.17) is 0 Å². The molecule has 0 saturated carbocycles. The normalized spacial score (nSPS) is 15.6. The number of nitrogens with one attached hydrogen (secondary N) is 1. The summed E-state index contributed by atoms with van der Waals surface area (Å²) in [6.07, 6.45) is 4.92. The number of aryl methyl sites for hydroxylation is 2. The van der Waals surface area contributed by atoms with Gasteiger partial charge in [0.1, 0.15) is 11.5 Å². The highest BCUT2D eigenvalue weighted by molar-refractivity contribution is 6.10. The number of benzene rings is 1. The highest BCUT2D eigenvalue weighted by atomic mass is 16.1. The highest BCUT2D eigenvalue weighted by Crippen LogP contribution is 2.24. The minimum atomic E-state index is 0.629. The SMILES string of the molecule is CN=C(Nc1ccc(N2CCN(C)CC2)cc1C=O)c1cc(C)c2nc(C)cn2c1. The van der Waals surface area contributed by atoms with Gasteiger partial charge in [-0.3, -0.25) is 9.79 Å². The number of carbonyl (C=O) groups excluding carboxylic acids is 1. The molecule has 0 radical (unpaired) electrons. The molecule has 0 spiro atoms. The molecule has 1 aliphatic heterocycles. The number of hydrogen-bond acceptors (Lipinski definition) is 5. The predicted octanol–water partition coefficient (Wildman–Crippen LogP) is 3.00. The molecule has 0 amide bonds. The number of carbonyl (C=O) groups is 1. The summed E-state index contributed by atoms with van der Waals surface area (Å²) in [7, 11) is 3.89. The van der Waals surface area contributed by atoms with Gasteiger partial charge in [0.15, 0.2) is 6.29 Å². The van der Waals surface area contributed by atoms with Gasteiger partial charge in [-0.1, -0.05) is 0 Å². The first-order valence-electron chi connectivity index (χ1n) is 10.2. The number of aromatic nitrogens is 2. The van der Waals surface area contributed by atoms with E-state index in [0.717, 1.165) is 66.3 Å². The molecule has 2 aromatic heterocycles. The van der Waals surface area contributed by atoms with Gasteiger partial charge in [0, 0.05) is 62.4 Å². The van der Waals surface area contributed by atoms with Gasteiger partial charge in [-0.25, -0.2) is 4.98 Å². The number of piperazine rings is 1. The zero-order valence-corrected chi connectivity index (χ0v) is 18.0. The van der Waals surface area contributed by atoms with Crippen LogP contribution >= 0.6 is 0 Å². The number of fused-ring (bicyclic) bond motifs is 1. The number of anilines is 2. The molecule has 1 aromatic carbocycles. The molecule has 3 aromatic rings. The van der Waals surface area contributed by atoms with Crippen LogP contribution in [0.1, 0.15) is 27.2 Å². The number of nitrogens with zero attached hydrogens (tertiary/aromatic N) is 5. The summed E-state index contributed by atoms with van der Waals surface area (Å²) in [4.78, 5) is 25.5. The summed E-state index contributed by atoms with van der Waals surface area (Å²) in [5, 5.41) is 3.36. The van der Waals surface area contributed by atoms with E-state index in [2.05, 4.69) is 44.3 Å². The second-order valence-electron chi connectivity index (χ2n) is 7.90. The van der Waals surface area contributed by atoms with E-state index in [0.29, 0.717) is 11.4 Å². The lowest BCUT2D eigenvalue weighted by molar-refractivity contribution is 0.112. The van der Waals surface area contributed by atoms with Crippen molar-refractivity contribution in [2.24, 2.45) is 4.99 Å². The molecule has 30 heavy (non-hydrogen) atoms. The van der Waals surface area contributed by atoms with Gasteiger partial charge in [-0.05, 0) is 50.7 Å². The van der Waals surface area contributed by atoms with Crippen molar-refractivity contribution in [3.63, 3.8) is 0 Å². The molecule has 1 saturated heterocycles. The van der Waals surface area contributed by atoms with Gasteiger partial charge >= 0.3 is 0 Å². The number of pyridine rings is 1. The first kappa shape index (κ1) is 20.1. The van der Waals surface area contributed by atoms with Crippen LogP contribution in [-0.4, -0.2) is 66.7 Å². The minimum Gasteiger partial charge on any atom is -0.369 e. The zero-order valence-electron chi connectivity index (χ0n) is 18.0. The van der Waals surface area contributed by atoms with Crippen LogP contribution in [0.4, 0.5) is 11.4 Å². The Hall–Kier alpha value is -3.19. The van der Waals surface area contributed by atoms with Gasteiger partial charge < -0.3 is 19.5 Å². The molecular weight excluding hydrogens is 376 g/mol. The third-order valence-electron chi connectivity index (χ3n) is 5.64. The summed E-state index contributed by atoms with van der Waals surface area (Å²) in [6.45, 7) is 8.01. The second-order valence-corrected chi connectivity index (χ2v) is 7.90. The quantitative estimate of drug-likeness (QED) is 0.411. The number of hydrogen-bond donors (Lipinski definition) is 1. The van der Waals surface area contributed by atoms with Crippen molar-refractivity contribution in [3.05, 3.63) is 59.0 Å². The topological polar surface area (TPSA) is 65.2 Å². The summed E-state index contributed by atoms with van der Waals surface area (Å²) >= 11 is 0. The lowest BCUT2D eigenvalue weighted by atomic mass is 10.1. The zero-order chi connectivity index (χ0) is 21.3. The molecular formula is C23H28N6O. The molecule has 7 nitrogen and oxygen atoms in total. The van der Waals surface area contributed by atoms with E-state index in [1.165, 1.54) is 0 Å². The number of aldehydes is 1. The van der Waals surface area contributed by atoms with Gasteiger partial charge in [-0.2, -0.15) is 0 Å². The van der Waals surface area contributed by atoms with Gasteiger partial charge in [-0.15, -0.1) is 0 Å². The van der Waals surface area contributed by atoms with Crippen molar-refractivity contribution in [2.45, 2.75) is 13.8 Å². The number of amidine groups is 1. The number of rotatable bonds is 4. The molecule has 1 aliphatic rings. The molecule has 1 fully saturated rings. The lowest BCUT2D eigenvalue weighted by Crippen LogP contribution is -2.44. The van der Waals surface area contributed by atoms with E-state index in [-0.39, 0.29) is 0 Å². The van der Waals surface area contributed by atoms with Crippen LogP contribution in [0.3, 0.4) is 0 Å². The van der Waals surface area contributed by atoms with E-state index >= 15 is 0 Å². The van der Waals surface area contributed by atoms with E-state index in [1.54, 1.807) is 7.05 Å². The van der Waals surface area contributed by atoms with Gasteiger partial charge in [0.05, 0.1) is 11.4 Å². The Balaban J connectivity index is 1.61. The van der Waals surface area contributed by atoms with E-state index in [9.17, 15) is 4.79 Å². The third kappa shape index (κ3) is 3.93. The Bertz CT molecular complexity index is 1110. The molecule has 0 aliphatic carbocycles. The van der Waals surface area contributed by atoms with Crippen molar-refractivity contribution < 1.29 is 4.79 Å². The standard InChI is InChI=1S/C23H28N6O/c1-16-11-18(14-29-13-17(2)25-23(16)29)22(24-3)26-21-6-5-20(12-19(21)15-30)28-9-7-27(4)8-10-28/h5-6,11-15H,7-10H2,1-4H3,(H,24,26). The summed E-state index contributed by atoms with van der Waals surface area (Å²) in [5.74, 6) is 0.710. The first-order chi connectivity index (χ1) is 14.5. The molecule has 4 rings (SSSR count). The molecule has 1 N–H and O–H groups in total. The fourth-order valence-electron chi connectivity index (χ4n) is 3.93. The van der Waals surface area contributed by atoms with Crippen LogP contribution < -0.4 is 10.2 Å². The molecule has 7 heteroatoms. The Kier molecular flexibility index (Phi) is 5.55. The number of imidazole rings is 1. The number of likely N-dealkylation sites (N-methyl/N-ethyl adjacent to an activating group) is 1. The third-order valence-corrected chi connectivity index (χ3v) is 5.64. The Morgan fingerprint density at radius 2 is 1.90 bits per heavy atom. The van der Waals surface area contributed by atoms with Crippen molar-refractivity contribution in [2.75, 3.05) is 50.5 Å². The monoisotopic (exact) mass is 404 g/mol. The summed E-state index contributed by atoms with van der Waals surface area (Å²) in [5.41, 5.74) is 6.39. The van der Waals surface area contributed by atoms with Crippen molar-refractivity contribution in [1.29, 1.82) is 0 Å². The smallest absolute Gasteiger partial charge is 0.152 e. The van der Waals surface area contributed by atoms with Crippen LogP contribution in [-0.2, 0) is 0 Å². The Morgan fingerprint density at radius 3 is 2.60 bits per heavy atom. The maximum Gasteiger partial charge on any atom is 0.152 e. The fraction of sp³-hybridized carbons (Fsp3) is 0.348. The first-order valence-corrected chi connectivity index (χ1v) is 10.2. The van der Waals surface area contributed by atoms with Crippen molar-refractivity contribution >= 4 is 29.1 Å². The Labute approximate surface area is 177 Å². The highest BCUT2D eigenvalue weighted by Gasteiger charge is 2.16. The van der Waals surface area contributed by atoms with Crippen LogP contribution in [0.15, 0.2) is 41.7 Å². The van der Waals surface area contributed by atoms with Crippen LogP contribution in [0.25, 0.3) is 5.65 Å². The van der Waals surface area contributed by atoms with Crippen molar-refractivity contribution in [1.82, 2.24) is 14.3 Å². The van der Waals surface area contributed by atoms with Crippen molar-refractivity contribution in [3.8, 4) is 0 Å². The average molecular weight is 405 g/mol. The lowest BCUT2D eigenvalue weighted by Gasteiger charge is -2.34. The minimum absolute atomic E-state index is 0.629. The molecule has 156 valence electrons. The van der Waals surface area contributed by atoms with Crippen LogP contribution in [0.2, 0.25) is 0 Å². The molecule has 0 atom stereocenters. The van der Waals surface area contributed by atoms with Crippen LogP contribution in [0, 0.1) is 13.8 Å². The Morgan fingerprint density at radius 1 is 1.13 bits per heavy atom. The van der Waals surface area contributed by atoms with Gasteiger partial charge in [0.2, 0.25) is 0 Å². The summed E-state index contributed by atoms with van der Waals surface area (Å²) < 4.78 is 2.02. The van der Waals surface area contributed by atoms with E-state index < -0.39 is 0 Å². The molecule has 3 heterocycles.